The maximum atomic E-state index is 11.0. The molecule has 2 rings (SSSR count). The first-order valence-electron chi connectivity index (χ1n) is 5.96. The lowest BCUT2D eigenvalue weighted by Gasteiger charge is -2.07. The van der Waals surface area contributed by atoms with Crippen LogP contribution in [0, 0.1) is 10.1 Å². The van der Waals surface area contributed by atoms with E-state index in [0.717, 1.165) is 11.3 Å². The van der Waals surface area contributed by atoms with Gasteiger partial charge in [-0.1, -0.05) is 13.0 Å². The summed E-state index contributed by atoms with van der Waals surface area (Å²) in [6, 6.07) is 6.97. The molecule has 6 nitrogen and oxygen atoms in total. The Morgan fingerprint density at radius 3 is 2.84 bits per heavy atom. The Morgan fingerprint density at radius 1 is 1.37 bits per heavy atom. The molecule has 0 unspecified atom stereocenters. The Bertz CT molecular complexity index is 572. The lowest BCUT2D eigenvalue weighted by Crippen LogP contribution is -2.03. The molecule has 0 fully saturated rings. The van der Waals surface area contributed by atoms with Crippen molar-refractivity contribution in [3.05, 3.63) is 58.2 Å². The van der Waals surface area contributed by atoms with Gasteiger partial charge in [0, 0.05) is 23.5 Å². The highest BCUT2D eigenvalue weighted by molar-refractivity contribution is 5.55. The van der Waals surface area contributed by atoms with Crippen molar-refractivity contribution < 1.29 is 4.92 Å². The number of aromatic nitrogens is 2. The molecule has 0 aliphatic carbocycles. The standard InChI is InChI=1S/C13H14N4O2/c1-2-10-3-4-11(7-13(10)17(18)19)15-8-12-5-6-14-9-16-12/h3-7,9,15H,2,8H2,1H3. The number of nitrogens with one attached hydrogen (secondary N) is 1. The van der Waals surface area contributed by atoms with Gasteiger partial charge in [-0.15, -0.1) is 0 Å². The third-order valence-corrected chi connectivity index (χ3v) is 2.78. The zero-order valence-corrected chi connectivity index (χ0v) is 10.5. The average molecular weight is 258 g/mol. The lowest BCUT2D eigenvalue weighted by atomic mass is 10.1. The Hall–Kier alpha value is -2.50. The summed E-state index contributed by atoms with van der Waals surface area (Å²) in [6.45, 7) is 2.40. The molecule has 1 heterocycles. The van der Waals surface area contributed by atoms with Gasteiger partial charge in [0.15, 0.2) is 0 Å². The first-order chi connectivity index (χ1) is 9.20. The normalized spacial score (nSPS) is 10.2. The van der Waals surface area contributed by atoms with Gasteiger partial charge >= 0.3 is 0 Å². The average Bonchev–Trinajstić information content (AvgIpc) is 2.46. The van der Waals surface area contributed by atoms with Crippen LogP contribution in [0.3, 0.4) is 0 Å². The Kier molecular flexibility index (Phi) is 4.02. The number of rotatable bonds is 5. The predicted octanol–water partition coefficient (Wildman–Crippen LogP) is 2.56. The van der Waals surface area contributed by atoms with Crippen LogP contribution in [0.2, 0.25) is 0 Å². The summed E-state index contributed by atoms with van der Waals surface area (Å²) in [5, 5.41) is 14.1. The van der Waals surface area contributed by atoms with E-state index >= 15 is 0 Å². The van der Waals surface area contributed by atoms with Gasteiger partial charge in [-0.25, -0.2) is 9.97 Å². The van der Waals surface area contributed by atoms with Crippen molar-refractivity contribution in [3.8, 4) is 0 Å². The molecule has 19 heavy (non-hydrogen) atoms. The second kappa shape index (κ2) is 5.90. The van der Waals surface area contributed by atoms with Crippen LogP contribution >= 0.6 is 0 Å². The first kappa shape index (κ1) is 12.9. The number of nitro benzene ring substituents is 1. The molecule has 0 radical (unpaired) electrons. The molecule has 0 saturated heterocycles. The van der Waals surface area contributed by atoms with Gasteiger partial charge in [-0.05, 0) is 18.6 Å². The number of nitro groups is 1. The van der Waals surface area contributed by atoms with Crippen LogP contribution in [0.25, 0.3) is 0 Å². The van der Waals surface area contributed by atoms with E-state index in [9.17, 15) is 10.1 Å². The molecule has 0 aliphatic heterocycles. The predicted molar refractivity (Wildman–Crippen MR) is 71.8 cm³/mol. The largest absolute Gasteiger partial charge is 0.379 e. The van der Waals surface area contributed by atoms with Crippen LogP contribution in [0.1, 0.15) is 18.2 Å². The van der Waals surface area contributed by atoms with E-state index in [-0.39, 0.29) is 10.6 Å². The summed E-state index contributed by atoms with van der Waals surface area (Å²) in [6.07, 6.45) is 3.77. The summed E-state index contributed by atoms with van der Waals surface area (Å²) in [7, 11) is 0. The molecule has 98 valence electrons. The number of benzene rings is 1. The van der Waals surface area contributed by atoms with E-state index in [1.54, 1.807) is 24.4 Å². The van der Waals surface area contributed by atoms with Crippen molar-refractivity contribution in [2.24, 2.45) is 0 Å². The Morgan fingerprint density at radius 2 is 2.21 bits per heavy atom. The number of anilines is 1. The maximum Gasteiger partial charge on any atom is 0.274 e. The fraction of sp³-hybridized carbons (Fsp3) is 0.231. The number of hydrogen-bond donors (Lipinski definition) is 1. The van der Waals surface area contributed by atoms with Crippen molar-refractivity contribution in [2.75, 3.05) is 5.32 Å². The lowest BCUT2D eigenvalue weighted by molar-refractivity contribution is -0.385. The van der Waals surface area contributed by atoms with Gasteiger partial charge in [-0.2, -0.15) is 0 Å². The molecule has 0 bridgehead atoms. The number of nitrogens with zero attached hydrogens (tertiary/aromatic N) is 3. The van der Waals surface area contributed by atoms with E-state index in [4.69, 9.17) is 0 Å². The summed E-state index contributed by atoms with van der Waals surface area (Å²) >= 11 is 0. The van der Waals surface area contributed by atoms with Gasteiger partial charge in [0.05, 0.1) is 17.2 Å². The van der Waals surface area contributed by atoms with E-state index in [2.05, 4.69) is 15.3 Å². The summed E-state index contributed by atoms with van der Waals surface area (Å²) in [5.41, 5.74) is 2.42. The summed E-state index contributed by atoms with van der Waals surface area (Å²) in [4.78, 5) is 18.5. The molecule has 0 saturated carbocycles. The van der Waals surface area contributed by atoms with E-state index in [1.165, 1.54) is 6.33 Å². The zero-order chi connectivity index (χ0) is 13.7. The third kappa shape index (κ3) is 3.25. The maximum absolute atomic E-state index is 11.0. The van der Waals surface area contributed by atoms with E-state index in [1.807, 2.05) is 13.0 Å². The fourth-order valence-corrected chi connectivity index (χ4v) is 1.76. The minimum absolute atomic E-state index is 0.148. The minimum Gasteiger partial charge on any atom is -0.379 e. The van der Waals surface area contributed by atoms with Crippen molar-refractivity contribution >= 4 is 11.4 Å². The van der Waals surface area contributed by atoms with Gasteiger partial charge in [0.1, 0.15) is 6.33 Å². The monoisotopic (exact) mass is 258 g/mol. The third-order valence-electron chi connectivity index (χ3n) is 2.78. The molecule has 0 amide bonds. The topological polar surface area (TPSA) is 81.0 Å². The van der Waals surface area contributed by atoms with Crippen molar-refractivity contribution in [2.45, 2.75) is 19.9 Å². The minimum atomic E-state index is -0.352. The second-order valence-electron chi connectivity index (χ2n) is 4.01. The van der Waals surface area contributed by atoms with Crippen LogP contribution < -0.4 is 5.32 Å². The highest BCUT2D eigenvalue weighted by Crippen LogP contribution is 2.23. The molecule has 0 atom stereocenters. The van der Waals surface area contributed by atoms with Crippen LogP contribution in [-0.2, 0) is 13.0 Å². The number of hydrogen-bond acceptors (Lipinski definition) is 5. The number of aryl methyl sites for hydroxylation is 1. The van der Waals surface area contributed by atoms with Crippen LogP contribution in [-0.4, -0.2) is 14.9 Å². The first-order valence-corrected chi connectivity index (χ1v) is 5.96. The SMILES string of the molecule is CCc1ccc(NCc2ccncn2)cc1[N+](=O)[O-]. The molecule has 0 aliphatic rings. The van der Waals surface area contributed by atoms with E-state index < -0.39 is 0 Å². The molecular weight excluding hydrogens is 244 g/mol. The molecule has 6 heteroatoms. The highest BCUT2D eigenvalue weighted by atomic mass is 16.6. The van der Waals surface area contributed by atoms with Crippen LogP contribution in [0.5, 0.6) is 0 Å². The Labute approximate surface area is 110 Å². The Balaban J connectivity index is 2.13. The molecule has 2 aromatic rings. The van der Waals surface area contributed by atoms with Crippen LogP contribution in [0.15, 0.2) is 36.8 Å². The van der Waals surface area contributed by atoms with Gasteiger partial charge < -0.3 is 5.32 Å². The van der Waals surface area contributed by atoms with Crippen LogP contribution in [0.4, 0.5) is 11.4 Å². The second-order valence-corrected chi connectivity index (χ2v) is 4.01. The quantitative estimate of drug-likeness (QED) is 0.658. The summed E-state index contributed by atoms with van der Waals surface area (Å²) in [5.74, 6) is 0. The van der Waals surface area contributed by atoms with Gasteiger partial charge in [-0.3, -0.25) is 10.1 Å². The van der Waals surface area contributed by atoms with Crippen molar-refractivity contribution in [1.29, 1.82) is 0 Å². The van der Waals surface area contributed by atoms with Gasteiger partial charge in [0.2, 0.25) is 0 Å². The highest BCUT2D eigenvalue weighted by Gasteiger charge is 2.12. The fourth-order valence-electron chi connectivity index (χ4n) is 1.76. The smallest absolute Gasteiger partial charge is 0.274 e. The van der Waals surface area contributed by atoms with E-state index in [0.29, 0.717) is 18.7 Å². The van der Waals surface area contributed by atoms with Crippen molar-refractivity contribution in [1.82, 2.24) is 9.97 Å². The molecule has 1 aromatic carbocycles. The molecule has 1 N–H and O–H groups in total. The summed E-state index contributed by atoms with van der Waals surface area (Å²) < 4.78 is 0. The molecular formula is C13H14N4O2. The molecule has 0 spiro atoms. The zero-order valence-electron chi connectivity index (χ0n) is 10.5. The van der Waals surface area contributed by atoms with Crippen molar-refractivity contribution in [3.63, 3.8) is 0 Å². The van der Waals surface area contributed by atoms with Gasteiger partial charge in [0.25, 0.3) is 5.69 Å². The molecule has 1 aromatic heterocycles.